The van der Waals surface area contributed by atoms with Gasteiger partial charge in [-0.3, -0.25) is 4.90 Å². The molecule has 2 aliphatic rings. The molecular weight excluding hydrogens is 344 g/mol. The molecule has 0 aromatic carbocycles. The third-order valence-corrected chi connectivity index (χ3v) is 5.69. The van der Waals surface area contributed by atoms with Crippen molar-refractivity contribution in [2.75, 3.05) is 36.8 Å². The van der Waals surface area contributed by atoms with Gasteiger partial charge in [-0.25, -0.2) is 4.98 Å². The number of nitrogens with two attached hydrogens (primary N) is 1. The molecule has 2 aliphatic heterocycles. The van der Waals surface area contributed by atoms with E-state index in [9.17, 15) is 5.11 Å². The maximum Gasteiger partial charge on any atom is 0.221 e. The van der Waals surface area contributed by atoms with Crippen molar-refractivity contribution in [2.45, 2.75) is 44.2 Å². The van der Waals surface area contributed by atoms with Crippen LogP contribution in [0.4, 0.5) is 11.8 Å². The first kappa shape index (κ1) is 18.1. The highest BCUT2D eigenvalue weighted by Crippen LogP contribution is 2.28. The van der Waals surface area contributed by atoms with E-state index in [-0.39, 0.29) is 6.10 Å². The van der Waals surface area contributed by atoms with Gasteiger partial charge in [0.15, 0.2) is 0 Å². The summed E-state index contributed by atoms with van der Waals surface area (Å²) in [6.07, 6.45) is 5.41. The molecule has 2 aromatic rings. The maximum absolute atomic E-state index is 9.68. The van der Waals surface area contributed by atoms with Crippen LogP contribution in [-0.4, -0.2) is 67.0 Å². The maximum atomic E-state index is 9.68. The van der Waals surface area contributed by atoms with Gasteiger partial charge in [0.25, 0.3) is 0 Å². The quantitative estimate of drug-likeness (QED) is 0.800. The van der Waals surface area contributed by atoms with E-state index < -0.39 is 0 Å². The molecule has 0 spiro atoms. The molecule has 0 amide bonds. The van der Waals surface area contributed by atoms with E-state index in [4.69, 9.17) is 5.73 Å². The highest BCUT2D eigenvalue weighted by molar-refractivity contribution is 5.42. The molecule has 27 heavy (non-hydrogen) atoms. The number of hydrogen-bond donors (Lipinski definition) is 2. The fourth-order valence-electron chi connectivity index (χ4n) is 4.08. The van der Waals surface area contributed by atoms with Crippen molar-refractivity contribution in [3.63, 3.8) is 0 Å². The highest BCUT2D eigenvalue weighted by Gasteiger charge is 2.27. The third kappa shape index (κ3) is 4.03. The van der Waals surface area contributed by atoms with Gasteiger partial charge in [-0.1, -0.05) is 0 Å². The van der Waals surface area contributed by atoms with Gasteiger partial charge in [0.1, 0.15) is 17.5 Å². The first-order valence-electron chi connectivity index (χ1n) is 9.72. The molecule has 146 valence electrons. The Morgan fingerprint density at radius 3 is 2.78 bits per heavy atom. The summed E-state index contributed by atoms with van der Waals surface area (Å²) in [5.74, 6) is 3.53. The summed E-state index contributed by atoms with van der Waals surface area (Å²) >= 11 is 0. The van der Waals surface area contributed by atoms with E-state index in [1.165, 1.54) is 0 Å². The number of aromatic nitrogens is 5. The molecule has 9 nitrogen and oxygen atoms in total. The SMILES string of the molecule is Cn1c(CN2CCC(O)CC2)nnc1[C@H]1CCCN(c2ccnc(N)n2)C1. The van der Waals surface area contributed by atoms with Crippen molar-refractivity contribution in [2.24, 2.45) is 7.05 Å². The number of nitrogen functional groups attached to an aromatic ring is 1. The average molecular weight is 372 g/mol. The Labute approximate surface area is 159 Å². The topological polar surface area (TPSA) is 109 Å². The predicted octanol–water partition coefficient (Wildman–Crippen LogP) is 0.528. The molecular formula is C18H28N8O. The van der Waals surface area contributed by atoms with Gasteiger partial charge < -0.3 is 20.3 Å². The van der Waals surface area contributed by atoms with Gasteiger partial charge in [-0.15, -0.1) is 10.2 Å². The number of nitrogens with zero attached hydrogens (tertiary/aromatic N) is 7. The number of rotatable bonds is 4. The number of anilines is 2. The van der Waals surface area contributed by atoms with Crippen molar-refractivity contribution in [1.82, 2.24) is 29.6 Å². The number of aliphatic hydroxyl groups is 1. The van der Waals surface area contributed by atoms with E-state index in [0.29, 0.717) is 11.9 Å². The number of aliphatic hydroxyl groups excluding tert-OH is 1. The molecule has 2 saturated heterocycles. The second-order valence-electron chi connectivity index (χ2n) is 7.60. The van der Waals surface area contributed by atoms with Crippen LogP contribution >= 0.6 is 0 Å². The fraction of sp³-hybridized carbons (Fsp3) is 0.667. The first-order valence-corrected chi connectivity index (χ1v) is 9.72. The first-order chi connectivity index (χ1) is 13.1. The largest absolute Gasteiger partial charge is 0.393 e. The van der Waals surface area contributed by atoms with Gasteiger partial charge in [-0.05, 0) is 31.7 Å². The van der Waals surface area contributed by atoms with Gasteiger partial charge in [0.05, 0.1) is 12.6 Å². The second kappa shape index (κ2) is 7.77. The lowest BCUT2D eigenvalue weighted by Gasteiger charge is -2.33. The Balaban J connectivity index is 1.44. The zero-order valence-electron chi connectivity index (χ0n) is 15.8. The van der Waals surface area contributed by atoms with Gasteiger partial charge in [0.2, 0.25) is 5.95 Å². The summed E-state index contributed by atoms with van der Waals surface area (Å²) in [7, 11) is 2.06. The highest BCUT2D eigenvalue weighted by atomic mass is 16.3. The Morgan fingerprint density at radius 2 is 2.00 bits per heavy atom. The van der Waals surface area contributed by atoms with Crippen LogP contribution in [0.5, 0.6) is 0 Å². The lowest BCUT2D eigenvalue weighted by atomic mass is 9.97. The van der Waals surface area contributed by atoms with E-state index in [1.807, 2.05) is 6.07 Å². The summed E-state index contributed by atoms with van der Waals surface area (Å²) < 4.78 is 2.15. The lowest BCUT2D eigenvalue weighted by molar-refractivity contribution is 0.0775. The van der Waals surface area contributed by atoms with Crippen LogP contribution in [0.3, 0.4) is 0 Å². The Hall–Kier alpha value is -2.26. The smallest absolute Gasteiger partial charge is 0.221 e. The van der Waals surface area contributed by atoms with Crippen LogP contribution in [0.25, 0.3) is 0 Å². The van der Waals surface area contributed by atoms with Gasteiger partial charge in [0, 0.05) is 45.3 Å². The molecule has 0 radical (unpaired) electrons. The monoisotopic (exact) mass is 372 g/mol. The van der Waals surface area contributed by atoms with Crippen LogP contribution < -0.4 is 10.6 Å². The molecule has 4 heterocycles. The van der Waals surface area contributed by atoms with E-state index in [1.54, 1.807) is 6.20 Å². The summed E-state index contributed by atoms with van der Waals surface area (Å²) in [5.41, 5.74) is 5.74. The molecule has 2 aromatic heterocycles. The third-order valence-electron chi connectivity index (χ3n) is 5.69. The Kier molecular flexibility index (Phi) is 5.22. The van der Waals surface area contributed by atoms with Crippen LogP contribution in [0.15, 0.2) is 12.3 Å². The van der Waals surface area contributed by atoms with E-state index >= 15 is 0 Å². The van der Waals surface area contributed by atoms with Crippen LogP contribution in [0.1, 0.15) is 43.3 Å². The average Bonchev–Trinajstić information content (AvgIpc) is 3.04. The molecule has 3 N–H and O–H groups in total. The van der Waals surface area contributed by atoms with Crippen molar-refractivity contribution in [1.29, 1.82) is 0 Å². The van der Waals surface area contributed by atoms with E-state index in [2.05, 4.69) is 41.6 Å². The number of piperidine rings is 2. The molecule has 0 aliphatic carbocycles. The summed E-state index contributed by atoms with van der Waals surface area (Å²) in [6.45, 7) is 4.44. The van der Waals surface area contributed by atoms with Crippen molar-refractivity contribution in [3.8, 4) is 0 Å². The number of likely N-dealkylation sites (tertiary alicyclic amines) is 1. The molecule has 0 saturated carbocycles. The standard InChI is InChI=1S/C18H28N8O/c1-24-16(12-25-9-5-14(27)6-10-25)22-23-17(24)13-3-2-8-26(11-13)15-4-7-20-18(19)21-15/h4,7,13-14,27H,2-3,5-6,8-12H2,1H3,(H2,19,20,21)/t13-/m0/s1. The minimum atomic E-state index is -0.152. The summed E-state index contributed by atoms with van der Waals surface area (Å²) in [4.78, 5) is 12.9. The van der Waals surface area contributed by atoms with Crippen molar-refractivity contribution < 1.29 is 5.11 Å². The molecule has 2 fully saturated rings. The summed E-state index contributed by atoms with van der Waals surface area (Å²) in [6, 6.07) is 1.91. The Bertz CT molecular complexity index is 770. The molecule has 1 atom stereocenters. The van der Waals surface area contributed by atoms with Crippen LogP contribution in [0, 0.1) is 0 Å². The zero-order valence-corrected chi connectivity index (χ0v) is 15.8. The normalized spacial score (nSPS) is 22.3. The molecule has 9 heteroatoms. The Morgan fingerprint density at radius 1 is 1.19 bits per heavy atom. The lowest BCUT2D eigenvalue weighted by Crippen LogP contribution is -2.37. The minimum Gasteiger partial charge on any atom is -0.393 e. The zero-order chi connectivity index (χ0) is 18.8. The molecule has 0 unspecified atom stereocenters. The van der Waals surface area contributed by atoms with Crippen molar-refractivity contribution in [3.05, 3.63) is 23.9 Å². The van der Waals surface area contributed by atoms with Crippen LogP contribution in [0.2, 0.25) is 0 Å². The summed E-state index contributed by atoms with van der Waals surface area (Å²) in [5, 5.41) is 18.7. The number of hydrogen-bond acceptors (Lipinski definition) is 8. The van der Waals surface area contributed by atoms with Gasteiger partial charge in [-0.2, -0.15) is 4.98 Å². The van der Waals surface area contributed by atoms with Crippen molar-refractivity contribution >= 4 is 11.8 Å². The molecule has 4 rings (SSSR count). The minimum absolute atomic E-state index is 0.152. The van der Waals surface area contributed by atoms with Gasteiger partial charge >= 0.3 is 0 Å². The second-order valence-corrected chi connectivity index (χ2v) is 7.60. The fourth-order valence-corrected chi connectivity index (χ4v) is 4.08. The van der Waals surface area contributed by atoms with Crippen LogP contribution in [-0.2, 0) is 13.6 Å². The molecule has 0 bridgehead atoms. The predicted molar refractivity (Wildman–Crippen MR) is 102 cm³/mol. The van der Waals surface area contributed by atoms with E-state index in [0.717, 1.165) is 75.9 Å².